The van der Waals surface area contributed by atoms with Crippen LogP contribution in [0, 0.1) is 5.82 Å². The molecule has 1 aromatic carbocycles. The van der Waals surface area contributed by atoms with Crippen molar-refractivity contribution in [1.82, 2.24) is 5.32 Å². The second-order valence-electron chi connectivity index (χ2n) is 3.83. The van der Waals surface area contributed by atoms with Crippen molar-refractivity contribution in [2.75, 3.05) is 26.8 Å². The van der Waals surface area contributed by atoms with Gasteiger partial charge in [0, 0.05) is 24.7 Å². The Balaban J connectivity index is 2.57. The predicted molar refractivity (Wildman–Crippen MR) is 72.5 cm³/mol. The Kier molecular flexibility index (Phi) is 6.40. The summed E-state index contributed by atoms with van der Waals surface area (Å²) in [5.41, 5.74) is 2.00. The van der Waals surface area contributed by atoms with Gasteiger partial charge in [0.2, 0.25) is 0 Å². The number of nitrogens with one attached hydrogen (secondary N) is 1. The first-order chi connectivity index (χ1) is 8.13. The maximum absolute atomic E-state index is 13.1. The molecule has 17 heavy (non-hydrogen) atoms. The summed E-state index contributed by atoms with van der Waals surface area (Å²) < 4.78 is 18.9. The third-order valence-electron chi connectivity index (χ3n) is 2.25. The number of benzene rings is 1. The summed E-state index contributed by atoms with van der Waals surface area (Å²) in [5, 5.41) is 3.24. The Hall–Kier alpha value is -0.710. The molecule has 0 saturated carbocycles. The van der Waals surface area contributed by atoms with Crippen LogP contribution in [0.4, 0.5) is 4.39 Å². The second-order valence-corrected chi connectivity index (χ2v) is 4.68. The lowest BCUT2D eigenvalue weighted by Gasteiger charge is -2.05. The molecule has 0 fully saturated rings. The van der Waals surface area contributed by atoms with Crippen molar-refractivity contribution in [3.63, 3.8) is 0 Å². The Labute approximate surface area is 110 Å². The first-order valence-corrected chi connectivity index (χ1v) is 6.24. The fourth-order valence-corrected chi connectivity index (χ4v) is 1.76. The average Bonchev–Trinajstić information content (AvgIpc) is 2.29. The lowest BCUT2D eigenvalue weighted by molar-refractivity contribution is 0.200. The van der Waals surface area contributed by atoms with Crippen LogP contribution < -0.4 is 5.32 Å². The van der Waals surface area contributed by atoms with Crippen LogP contribution in [0.5, 0.6) is 0 Å². The van der Waals surface area contributed by atoms with E-state index in [9.17, 15) is 4.39 Å². The number of methoxy groups -OCH3 is 1. The summed E-state index contributed by atoms with van der Waals surface area (Å²) >= 11 is 3.40. The van der Waals surface area contributed by atoms with Crippen LogP contribution in [0.15, 0.2) is 28.2 Å². The van der Waals surface area contributed by atoms with E-state index in [2.05, 4.69) is 21.2 Å². The van der Waals surface area contributed by atoms with Crippen molar-refractivity contribution in [3.05, 3.63) is 39.6 Å². The van der Waals surface area contributed by atoms with Crippen LogP contribution >= 0.6 is 15.9 Å². The molecule has 1 aromatic rings. The van der Waals surface area contributed by atoms with E-state index in [0.29, 0.717) is 6.61 Å². The van der Waals surface area contributed by atoms with Gasteiger partial charge in [-0.1, -0.05) is 27.6 Å². The molecular weight excluding hydrogens is 285 g/mol. The third-order valence-corrected chi connectivity index (χ3v) is 2.97. The lowest BCUT2D eigenvalue weighted by atomic mass is 10.1. The van der Waals surface area contributed by atoms with E-state index in [1.165, 1.54) is 12.1 Å². The maximum Gasteiger partial charge on any atom is 0.123 e. The van der Waals surface area contributed by atoms with E-state index in [-0.39, 0.29) is 5.82 Å². The van der Waals surface area contributed by atoms with Gasteiger partial charge >= 0.3 is 0 Å². The van der Waals surface area contributed by atoms with Crippen molar-refractivity contribution in [2.24, 2.45) is 0 Å². The summed E-state index contributed by atoms with van der Waals surface area (Å²) in [7, 11) is 1.67. The van der Waals surface area contributed by atoms with Gasteiger partial charge in [-0.05, 0) is 30.7 Å². The van der Waals surface area contributed by atoms with Gasteiger partial charge in [0.05, 0.1) is 6.61 Å². The summed E-state index contributed by atoms with van der Waals surface area (Å²) in [6.07, 6.45) is 1.97. The smallest absolute Gasteiger partial charge is 0.123 e. The normalized spacial score (nSPS) is 11.9. The number of hydrogen-bond donors (Lipinski definition) is 1. The van der Waals surface area contributed by atoms with Gasteiger partial charge in [0.15, 0.2) is 0 Å². The minimum Gasteiger partial charge on any atom is -0.383 e. The van der Waals surface area contributed by atoms with Gasteiger partial charge in [-0.3, -0.25) is 0 Å². The van der Waals surface area contributed by atoms with Gasteiger partial charge in [-0.25, -0.2) is 4.39 Å². The van der Waals surface area contributed by atoms with Crippen LogP contribution in [-0.2, 0) is 4.74 Å². The van der Waals surface area contributed by atoms with Crippen LogP contribution in [0.25, 0.3) is 6.08 Å². The van der Waals surface area contributed by atoms with Crippen LogP contribution in [-0.4, -0.2) is 26.8 Å². The van der Waals surface area contributed by atoms with E-state index in [1.807, 2.05) is 13.0 Å². The van der Waals surface area contributed by atoms with Crippen molar-refractivity contribution in [2.45, 2.75) is 6.92 Å². The lowest BCUT2D eigenvalue weighted by Crippen LogP contribution is -2.20. The van der Waals surface area contributed by atoms with Crippen LogP contribution in [0.1, 0.15) is 12.5 Å². The zero-order chi connectivity index (χ0) is 12.7. The first-order valence-electron chi connectivity index (χ1n) is 5.45. The summed E-state index contributed by atoms with van der Waals surface area (Å²) in [6.45, 7) is 4.28. The van der Waals surface area contributed by atoms with E-state index >= 15 is 0 Å². The highest BCUT2D eigenvalue weighted by atomic mass is 79.9. The highest BCUT2D eigenvalue weighted by Crippen LogP contribution is 2.20. The summed E-state index contributed by atoms with van der Waals surface area (Å²) in [5.74, 6) is -0.223. The highest BCUT2D eigenvalue weighted by Gasteiger charge is 1.99. The molecule has 1 N–H and O–H groups in total. The molecule has 0 atom stereocenters. The number of rotatable bonds is 6. The largest absolute Gasteiger partial charge is 0.383 e. The van der Waals surface area contributed by atoms with Crippen LogP contribution in [0.3, 0.4) is 0 Å². The molecule has 0 aliphatic rings. The average molecular weight is 302 g/mol. The molecule has 0 amide bonds. The van der Waals surface area contributed by atoms with Gasteiger partial charge < -0.3 is 10.1 Å². The zero-order valence-electron chi connectivity index (χ0n) is 10.1. The summed E-state index contributed by atoms with van der Waals surface area (Å²) in [6, 6.07) is 4.67. The molecule has 0 spiro atoms. The quantitative estimate of drug-likeness (QED) is 0.815. The number of hydrogen-bond acceptors (Lipinski definition) is 2. The van der Waals surface area contributed by atoms with Gasteiger partial charge in [-0.2, -0.15) is 0 Å². The second kappa shape index (κ2) is 7.58. The number of ether oxygens (including phenoxy) is 1. The van der Waals surface area contributed by atoms with E-state index in [4.69, 9.17) is 4.74 Å². The zero-order valence-corrected chi connectivity index (χ0v) is 11.7. The Morgan fingerprint density at radius 1 is 1.53 bits per heavy atom. The molecule has 0 aromatic heterocycles. The molecule has 0 aliphatic carbocycles. The SMILES string of the molecule is COCCNC/C(C)=C/c1cc(F)ccc1Br. The molecule has 1 rings (SSSR count). The van der Waals surface area contributed by atoms with E-state index < -0.39 is 0 Å². The van der Waals surface area contributed by atoms with Crippen LogP contribution in [0.2, 0.25) is 0 Å². The summed E-state index contributed by atoms with van der Waals surface area (Å²) in [4.78, 5) is 0. The molecule has 0 unspecified atom stereocenters. The maximum atomic E-state index is 13.1. The molecular formula is C13H17BrFNO. The standard InChI is InChI=1S/C13H17BrFNO/c1-10(9-16-5-6-17-2)7-11-8-12(15)3-4-13(11)14/h3-4,7-8,16H,5-6,9H2,1-2H3/b10-7+. The highest BCUT2D eigenvalue weighted by molar-refractivity contribution is 9.10. The van der Waals surface area contributed by atoms with Crippen molar-refractivity contribution < 1.29 is 9.13 Å². The van der Waals surface area contributed by atoms with Gasteiger partial charge in [0.1, 0.15) is 5.82 Å². The fourth-order valence-electron chi connectivity index (χ4n) is 1.40. The van der Waals surface area contributed by atoms with E-state index in [1.54, 1.807) is 13.2 Å². The topological polar surface area (TPSA) is 21.3 Å². The molecule has 0 aliphatic heterocycles. The fraction of sp³-hybridized carbons (Fsp3) is 0.385. The Morgan fingerprint density at radius 3 is 3.00 bits per heavy atom. The molecule has 0 radical (unpaired) electrons. The van der Waals surface area contributed by atoms with Crippen molar-refractivity contribution in [3.8, 4) is 0 Å². The van der Waals surface area contributed by atoms with Gasteiger partial charge in [0.25, 0.3) is 0 Å². The van der Waals surface area contributed by atoms with Crippen molar-refractivity contribution in [1.29, 1.82) is 0 Å². The first kappa shape index (κ1) is 14.4. The van der Waals surface area contributed by atoms with Crippen molar-refractivity contribution >= 4 is 22.0 Å². The molecule has 0 heterocycles. The molecule has 0 bridgehead atoms. The predicted octanol–water partition coefficient (Wildman–Crippen LogP) is 3.23. The van der Waals surface area contributed by atoms with E-state index in [0.717, 1.165) is 28.7 Å². The molecule has 94 valence electrons. The molecule has 4 heteroatoms. The Morgan fingerprint density at radius 2 is 2.29 bits per heavy atom. The van der Waals surface area contributed by atoms with Gasteiger partial charge in [-0.15, -0.1) is 0 Å². The monoisotopic (exact) mass is 301 g/mol. The number of halogens is 2. The minimum absolute atomic E-state index is 0.223. The Bertz CT molecular complexity index is 393. The third kappa shape index (κ3) is 5.44. The molecule has 2 nitrogen and oxygen atoms in total. The minimum atomic E-state index is -0.223. The molecule has 0 saturated heterocycles.